The molecule has 7 nitrogen and oxygen atoms in total. The number of carbonyl (C=O) groups is 2. The van der Waals surface area contributed by atoms with Crippen LogP contribution in [0.4, 0.5) is 13.6 Å². The summed E-state index contributed by atoms with van der Waals surface area (Å²) in [7, 11) is 0. The number of hydrogen-bond donors (Lipinski definition) is 2. The number of halogens is 2. The molecule has 4 atom stereocenters. The lowest BCUT2D eigenvalue weighted by Crippen LogP contribution is -2.39. The minimum absolute atomic E-state index is 0.178. The first-order valence-electron chi connectivity index (χ1n) is 6.75. The lowest BCUT2D eigenvalue weighted by atomic mass is 10.4. The summed E-state index contributed by atoms with van der Waals surface area (Å²) in [5.74, 6) is -0.435. The van der Waals surface area contributed by atoms with Crippen LogP contribution in [0.3, 0.4) is 0 Å². The monoisotopic (exact) mass is 301 g/mol. The van der Waals surface area contributed by atoms with Crippen molar-refractivity contribution in [2.24, 2.45) is 0 Å². The summed E-state index contributed by atoms with van der Waals surface area (Å²) in [4.78, 5) is 30.6. The van der Waals surface area contributed by atoms with E-state index in [1.807, 2.05) is 5.32 Å². The molecule has 2 rings (SSSR count). The highest BCUT2D eigenvalue weighted by Gasteiger charge is 2.42. The van der Waals surface area contributed by atoms with Crippen molar-refractivity contribution in [1.29, 1.82) is 0 Å². The maximum atomic E-state index is 12.6. The van der Waals surface area contributed by atoms with Gasteiger partial charge in [-0.15, -0.1) is 0 Å². The minimum Gasteiger partial charge on any atom is -0.444 e. The first kappa shape index (κ1) is 13.7. The second kappa shape index (κ2) is 6.91. The molecule has 114 valence electrons. The number of carbonyl (C=O) groups excluding carboxylic acids is 2. The third-order valence-corrected chi connectivity index (χ3v) is 2.74. The number of aromatic nitrogens is 2. The SMILES string of the molecule is [2H]C(F)C(CF)NC(=O)OC1CC1NC(=O)c1ccncn1. The van der Waals surface area contributed by atoms with E-state index in [1.165, 1.54) is 18.6 Å². The van der Waals surface area contributed by atoms with Crippen LogP contribution in [0.5, 0.6) is 0 Å². The van der Waals surface area contributed by atoms with Gasteiger partial charge in [0.25, 0.3) is 5.91 Å². The first-order chi connectivity index (χ1) is 10.5. The Labute approximate surface area is 120 Å². The summed E-state index contributed by atoms with van der Waals surface area (Å²) in [6, 6.07) is -0.517. The molecular formula is C12H14F2N4O3. The molecule has 1 aliphatic carbocycles. The Morgan fingerprint density at radius 2 is 2.38 bits per heavy atom. The second-order valence-corrected chi connectivity index (χ2v) is 4.39. The highest BCUT2D eigenvalue weighted by molar-refractivity contribution is 5.92. The fourth-order valence-corrected chi connectivity index (χ4v) is 1.55. The van der Waals surface area contributed by atoms with Crippen LogP contribution >= 0.6 is 0 Å². The molecule has 2 amide bonds. The number of alkyl carbamates (subject to hydrolysis) is 1. The summed E-state index contributed by atoms with van der Waals surface area (Å²) in [6.07, 6.45) is 1.44. The summed E-state index contributed by atoms with van der Waals surface area (Å²) < 4.78 is 36.5. The molecule has 1 saturated carbocycles. The average molecular weight is 301 g/mol. The molecule has 1 heterocycles. The fraction of sp³-hybridized carbons (Fsp3) is 0.500. The molecule has 1 aromatic rings. The zero-order valence-corrected chi connectivity index (χ0v) is 10.8. The Kier molecular flexibility index (Phi) is 4.49. The predicted molar refractivity (Wildman–Crippen MR) is 67.0 cm³/mol. The van der Waals surface area contributed by atoms with Gasteiger partial charge in [-0.25, -0.2) is 23.5 Å². The van der Waals surface area contributed by atoms with Crippen LogP contribution in [0.1, 0.15) is 18.3 Å². The highest BCUT2D eigenvalue weighted by atomic mass is 19.1. The number of nitrogens with zero attached hydrogens (tertiary/aromatic N) is 2. The van der Waals surface area contributed by atoms with Crippen molar-refractivity contribution in [2.75, 3.05) is 13.3 Å². The summed E-state index contributed by atoms with van der Waals surface area (Å²) in [5, 5.41) is 4.51. The third kappa shape index (κ3) is 4.33. The Hall–Kier alpha value is -2.32. The maximum Gasteiger partial charge on any atom is 0.407 e. The Bertz CT molecular complexity index is 534. The minimum atomic E-state index is -2.27. The van der Waals surface area contributed by atoms with E-state index < -0.39 is 37.5 Å². The van der Waals surface area contributed by atoms with Gasteiger partial charge >= 0.3 is 6.09 Å². The lowest BCUT2D eigenvalue weighted by molar-refractivity contribution is 0.0924. The van der Waals surface area contributed by atoms with Crippen molar-refractivity contribution in [3.05, 3.63) is 24.3 Å². The smallest absolute Gasteiger partial charge is 0.407 e. The van der Waals surface area contributed by atoms with Gasteiger partial charge in [0, 0.05) is 12.6 Å². The third-order valence-electron chi connectivity index (χ3n) is 2.74. The van der Waals surface area contributed by atoms with Gasteiger partial charge in [0.15, 0.2) is 0 Å². The Morgan fingerprint density at radius 3 is 3.00 bits per heavy atom. The van der Waals surface area contributed by atoms with E-state index in [2.05, 4.69) is 15.3 Å². The van der Waals surface area contributed by atoms with Crippen molar-refractivity contribution in [3.8, 4) is 0 Å². The number of nitrogens with one attached hydrogen (secondary N) is 2. The molecule has 0 spiro atoms. The molecule has 0 saturated heterocycles. The van der Waals surface area contributed by atoms with Crippen molar-refractivity contribution in [1.82, 2.24) is 20.6 Å². The van der Waals surface area contributed by atoms with Crippen LogP contribution in [0.25, 0.3) is 0 Å². The summed E-state index contributed by atoms with van der Waals surface area (Å²) in [5.41, 5.74) is 0.178. The van der Waals surface area contributed by atoms with Gasteiger partial charge in [-0.3, -0.25) is 4.79 Å². The van der Waals surface area contributed by atoms with Crippen molar-refractivity contribution in [3.63, 3.8) is 0 Å². The Balaban J connectivity index is 1.74. The average Bonchev–Trinajstić information content (AvgIpc) is 3.22. The van der Waals surface area contributed by atoms with Gasteiger partial charge in [0.05, 0.1) is 13.5 Å². The molecule has 0 aromatic carbocycles. The van der Waals surface area contributed by atoms with E-state index >= 15 is 0 Å². The molecule has 4 unspecified atom stereocenters. The molecule has 9 heteroatoms. The molecule has 1 aromatic heterocycles. The van der Waals surface area contributed by atoms with E-state index in [0.29, 0.717) is 6.42 Å². The molecule has 1 aliphatic rings. The quantitative estimate of drug-likeness (QED) is 0.792. The summed E-state index contributed by atoms with van der Waals surface area (Å²) >= 11 is 0. The van der Waals surface area contributed by atoms with Crippen LogP contribution in [0, 0.1) is 0 Å². The fourth-order valence-electron chi connectivity index (χ4n) is 1.55. The lowest BCUT2D eigenvalue weighted by Gasteiger charge is -2.11. The van der Waals surface area contributed by atoms with Crippen LogP contribution in [-0.2, 0) is 4.74 Å². The van der Waals surface area contributed by atoms with Gasteiger partial charge in [0.2, 0.25) is 0 Å². The normalized spacial score (nSPS) is 23.4. The molecule has 1 fully saturated rings. The molecule has 21 heavy (non-hydrogen) atoms. The van der Waals surface area contributed by atoms with Gasteiger partial charge in [0.1, 0.15) is 31.5 Å². The first-order valence-corrected chi connectivity index (χ1v) is 6.17. The largest absolute Gasteiger partial charge is 0.444 e. The van der Waals surface area contributed by atoms with Crippen LogP contribution in [0.15, 0.2) is 18.6 Å². The second-order valence-electron chi connectivity index (χ2n) is 4.39. The maximum absolute atomic E-state index is 12.6. The molecule has 0 aliphatic heterocycles. The van der Waals surface area contributed by atoms with Crippen LogP contribution in [0.2, 0.25) is 0 Å². The molecule has 0 bridgehead atoms. The van der Waals surface area contributed by atoms with Gasteiger partial charge in [-0.1, -0.05) is 0 Å². The number of hydrogen-bond acceptors (Lipinski definition) is 5. The zero-order valence-electron chi connectivity index (χ0n) is 11.8. The van der Waals surface area contributed by atoms with Crippen molar-refractivity contribution in [2.45, 2.75) is 24.6 Å². The molecule has 0 radical (unpaired) electrons. The van der Waals surface area contributed by atoms with E-state index in [1.54, 1.807) is 0 Å². The standard InChI is InChI=1S/C12H14F2N4O3/c13-4-7(5-14)17-12(20)21-10-3-9(10)18-11(19)8-1-2-15-6-16-8/h1-2,6-7,9-10H,3-5H2,(H,17,20)(H,18,19)/i4D. The predicted octanol–water partition coefficient (Wildman–Crippen LogP) is 0.381. The van der Waals surface area contributed by atoms with E-state index in [0.717, 1.165) is 0 Å². The zero-order chi connectivity index (χ0) is 16.1. The van der Waals surface area contributed by atoms with Crippen molar-refractivity contribution < 1.29 is 24.5 Å². The van der Waals surface area contributed by atoms with E-state index in [9.17, 15) is 18.4 Å². The highest BCUT2D eigenvalue weighted by Crippen LogP contribution is 2.25. The Morgan fingerprint density at radius 1 is 1.57 bits per heavy atom. The van der Waals surface area contributed by atoms with E-state index in [4.69, 9.17) is 6.11 Å². The van der Waals surface area contributed by atoms with Gasteiger partial charge < -0.3 is 15.4 Å². The number of ether oxygens (including phenoxy) is 1. The molecule has 2 N–H and O–H groups in total. The van der Waals surface area contributed by atoms with Crippen LogP contribution in [-0.4, -0.2) is 53.5 Å². The number of alkyl halides is 2. The molecular weight excluding hydrogens is 286 g/mol. The van der Waals surface area contributed by atoms with E-state index in [-0.39, 0.29) is 11.7 Å². The van der Waals surface area contributed by atoms with Gasteiger partial charge in [-0.2, -0.15) is 0 Å². The topological polar surface area (TPSA) is 93.2 Å². The van der Waals surface area contributed by atoms with Crippen LogP contribution < -0.4 is 10.6 Å². The summed E-state index contributed by atoms with van der Waals surface area (Å²) in [6.45, 7) is -3.48. The number of amides is 2. The number of rotatable bonds is 6. The van der Waals surface area contributed by atoms with Crippen molar-refractivity contribution >= 4 is 12.0 Å². The van der Waals surface area contributed by atoms with Gasteiger partial charge in [-0.05, 0) is 6.07 Å².